The Bertz CT molecular complexity index is 1480. The van der Waals surface area contributed by atoms with Gasteiger partial charge in [-0.3, -0.25) is 13.9 Å². The van der Waals surface area contributed by atoms with Crippen molar-refractivity contribution in [2.75, 3.05) is 17.1 Å². The molecule has 226 valence electrons. The summed E-state index contributed by atoms with van der Waals surface area (Å²) in [7, 11) is -3.71. The van der Waals surface area contributed by atoms with Crippen LogP contribution in [0.2, 0.25) is 10.0 Å². The number of halogens is 3. The molecular weight excluding hydrogens is 600 g/mol. The van der Waals surface area contributed by atoms with Gasteiger partial charge in [-0.2, -0.15) is 0 Å². The first-order valence-electron chi connectivity index (χ1n) is 13.5. The molecule has 3 aromatic carbocycles. The normalized spacial score (nSPS) is 12.5. The average molecular weight is 637 g/mol. The fourth-order valence-electron chi connectivity index (χ4n) is 4.45. The molecule has 0 radical (unpaired) electrons. The lowest BCUT2D eigenvalue weighted by Crippen LogP contribution is -2.54. The van der Waals surface area contributed by atoms with Crippen LogP contribution in [0.3, 0.4) is 0 Å². The SMILES string of the molecule is CC(C)(C)NC(=O)C(Cc1ccccc1)N(Cc1ccc(Cl)cc1Cl)C(=O)CCCN(c1ccc(F)cc1)S(C)(=O)=O. The van der Waals surface area contributed by atoms with Gasteiger partial charge >= 0.3 is 0 Å². The van der Waals surface area contributed by atoms with Crippen molar-refractivity contribution in [3.8, 4) is 0 Å². The van der Waals surface area contributed by atoms with Gasteiger partial charge in [0.2, 0.25) is 21.8 Å². The number of carbonyl (C=O) groups excluding carboxylic acids is 2. The highest BCUT2D eigenvalue weighted by atomic mass is 35.5. The summed E-state index contributed by atoms with van der Waals surface area (Å²) in [6, 6.07) is 18.6. The van der Waals surface area contributed by atoms with Crippen LogP contribution in [0.5, 0.6) is 0 Å². The Balaban J connectivity index is 1.93. The number of anilines is 1. The molecule has 0 saturated heterocycles. The number of carbonyl (C=O) groups is 2. The minimum absolute atomic E-state index is 0.0106. The number of sulfonamides is 1. The van der Waals surface area contributed by atoms with E-state index in [0.29, 0.717) is 21.3 Å². The topological polar surface area (TPSA) is 86.8 Å². The second kappa shape index (κ2) is 14.4. The molecule has 0 aliphatic heterocycles. The van der Waals surface area contributed by atoms with Gasteiger partial charge in [-0.05, 0) is 74.7 Å². The van der Waals surface area contributed by atoms with E-state index in [1.165, 1.54) is 29.2 Å². The van der Waals surface area contributed by atoms with Crippen molar-refractivity contribution in [2.45, 2.75) is 58.2 Å². The van der Waals surface area contributed by atoms with Crippen molar-refractivity contribution in [3.63, 3.8) is 0 Å². The highest BCUT2D eigenvalue weighted by Crippen LogP contribution is 2.25. The van der Waals surface area contributed by atoms with Gasteiger partial charge in [0.25, 0.3) is 0 Å². The molecule has 1 unspecified atom stereocenters. The number of hydrogen-bond donors (Lipinski definition) is 1. The predicted octanol–water partition coefficient (Wildman–Crippen LogP) is 6.23. The molecule has 0 aliphatic rings. The van der Waals surface area contributed by atoms with E-state index in [9.17, 15) is 22.4 Å². The number of rotatable bonds is 12. The average Bonchev–Trinajstić information content (AvgIpc) is 2.89. The van der Waals surface area contributed by atoms with Gasteiger partial charge in [0, 0.05) is 41.5 Å². The minimum atomic E-state index is -3.71. The standard InChI is InChI=1S/C31H36Cl2FN3O4S/c1-31(2,3)35-30(39)28(19-22-9-6-5-7-10-22)36(21-23-12-13-24(32)20-27(23)33)29(38)11-8-18-37(42(4,40)41)26-16-14-25(34)15-17-26/h5-7,9-10,12-17,20,28H,8,11,18-19,21H2,1-4H3,(H,35,39). The Morgan fingerprint density at radius 2 is 1.62 bits per heavy atom. The van der Waals surface area contributed by atoms with Crippen LogP contribution in [0.4, 0.5) is 10.1 Å². The van der Waals surface area contributed by atoms with E-state index in [0.717, 1.165) is 16.1 Å². The van der Waals surface area contributed by atoms with Crippen molar-refractivity contribution in [2.24, 2.45) is 0 Å². The molecule has 0 saturated carbocycles. The Morgan fingerprint density at radius 3 is 2.19 bits per heavy atom. The Hall–Kier alpha value is -3.14. The van der Waals surface area contributed by atoms with E-state index in [2.05, 4.69) is 5.32 Å². The Kier molecular flexibility index (Phi) is 11.4. The van der Waals surface area contributed by atoms with Gasteiger partial charge in [0.05, 0.1) is 11.9 Å². The second-order valence-electron chi connectivity index (χ2n) is 11.1. The fraction of sp³-hybridized carbons (Fsp3) is 0.355. The molecule has 0 aliphatic carbocycles. The summed E-state index contributed by atoms with van der Waals surface area (Å²) in [4.78, 5) is 29.1. The molecule has 0 bridgehead atoms. The molecule has 2 amide bonds. The molecule has 3 rings (SSSR count). The highest BCUT2D eigenvalue weighted by molar-refractivity contribution is 7.92. The van der Waals surface area contributed by atoms with E-state index in [1.807, 2.05) is 51.1 Å². The van der Waals surface area contributed by atoms with Gasteiger partial charge in [-0.25, -0.2) is 12.8 Å². The van der Waals surface area contributed by atoms with Crippen molar-refractivity contribution in [1.29, 1.82) is 0 Å². The van der Waals surface area contributed by atoms with E-state index in [4.69, 9.17) is 23.2 Å². The maximum Gasteiger partial charge on any atom is 0.243 e. The molecule has 11 heteroatoms. The van der Waals surface area contributed by atoms with Gasteiger partial charge < -0.3 is 10.2 Å². The molecule has 1 N–H and O–H groups in total. The zero-order valence-electron chi connectivity index (χ0n) is 24.1. The third-order valence-corrected chi connectivity index (χ3v) is 8.17. The molecule has 7 nitrogen and oxygen atoms in total. The van der Waals surface area contributed by atoms with E-state index < -0.39 is 27.4 Å². The summed E-state index contributed by atoms with van der Waals surface area (Å²) in [6.07, 6.45) is 1.42. The maximum absolute atomic E-state index is 13.9. The molecule has 0 aromatic heterocycles. The number of benzene rings is 3. The van der Waals surface area contributed by atoms with Gasteiger partial charge in [-0.1, -0.05) is 59.6 Å². The number of nitrogens with one attached hydrogen (secondary N) is 1. The molecule has 0 spiro atoms. The monoisotopic (exact) mass is 635 g/mol. The quantitative estimate of drug-likeness (QED) is 0.255. The molecule has 42 heavy (non-hydrogen) atoms. The minimum Gasteiger partial charge on any atom is -0.350 e. The van der Waals surface area contributed by atoms with Gasteiger partial charge in [0.15, 0.2) is 0 Å². The lowest BCUT2D eigenvalue weighted by molar-refractivity contribution is -0.142. The van der Waals surface area contributed by atoms with Crippen LogP contribution in [0.25, 0.3) is 0 Å². The molecule has 0 heterocycles. The van der Waals surface area contributed by atoms with Gasteiger partial charge in [-0.15, -0.1) is 0 Å². The Morgan fingerprint density at radius 1 is 0.976 bits per heavy atom. The van der Waals surface area contributed by atoms with Crippen LogP contribution in [0.1, 0.15) is 44.7 Å². The molecule has 3 aromatic rings. The van der Waals surface area contributed by atoms with Crippen LogP contribution in [0, 0.1) is 5.82 Å². The first-order chi connectivity index (χ1) is 19.6. The van der Waals surface area contributed by atoms with Crippen LogP contribution < -0.4 is 9.62 Å². The lowest BCUT2D eigenvalue weighted by atomic mass is 10.00. The zero-order chi connectivity index (χ0) is 31.1. The van der Waals surface area contributed by atoms with Crippen LogP contribution >= 0.6 is 23.2 Å². The second-order valence-corrected chi connectivity index (χ2v) is 13.9. The third-order valence-electron chi connectivity index (χ3n) is 6.39. The van der Waals surface area contributed by atoms with Crippen LogP contribution in [-0.4, -0.2) is 49.5 Å². The number of amides is 2. The lowest BCUT2D eigenvalue weighted by Gasteiger charge is -2.34. The van der Waals surface area contributed by atoms with E-state index >= 15 is 0 Å². The smallest absolute Gasteiger partial charge is 0.243 e. The third kappa shape index (κ3) is 10.00. The van der Waals surface area contributed by atoms with Crippen molar-refractivity contribution < 1.29 is 22.4 Å². The zero-order valence-corrected chi connectivity index (χ0v) is 26.4. The largest absolute Gasteiger partial charge is 0.350 e. The predicted molar refractivity (Wildman–Crippen MR) is 167 cm³/mol. The van der Waals surface area contributed by atoms with E-state index in [-0.39, 0.29) is 44.2 Å². The summed E-state index contributed by atoms with van der Waals surface area (Å²) in [5, 5.41) is 3.80. The maximum atomic E-state index is 13.9. The van der Waals surface area contributed by atoms with Crippen molar-refractivity contribution >= 4 is 50.7 Å². The fourth-order valence-corrected chi connectivity index (χ4v) is 5.89. The van der Waals surface area contributed by atoms with Gasteiger partial charge in [0.1, 0.15) is 11.9 Å². The summed E-state index contributed by atoms with van der Waals surface area (Å²) in [5.41, 5.74) is 1.22. The van der Waals surface area contributed by atoms with Crippen LogP contribution in [0.15, 0.2) is 72.8 Å². The Labute approximate surface area is 257 Å². The molecule has 0 fully saturated rings. The van der Waals surface area contributed by atoms with E-state index in [1.54, 1.807) is 18.2 Å². The van der Waals surface area contributed by atoms with Crippen molar-refractivity contribution in [1.82, 2.24) is 10.2 Å². The summed E-state index contributed by atoms with van der Waals surface area (Å²) in [5.74, 6) is -1.16. The summed E-state index contributed by atoms with van der Waals surface area (Å²) >= 11 is 12.6. The highest BCUT2D eigenvalue weighted by Gasteiger charge is 2.32. The van der Waals surface area contributed by atoms with Crippen molar-refractivity contribution in [3.05, 3.63) is 99.8 Å². The molecular formula is C31H36Cl2FN3O4S. The molecule has 1 atom stereocenters. The summed E-state index contributed by atoms with van der Waals surface area (Å²) in [6.45, 7) is 5.62. The first kappa shape index (κ1) is 33.4. The van der Waals surface area contributed by atoms with Crippen LogP contribution in [-0.2, 0) is 32.6 Å². The summed E-state index contributed by atoms with van der Waals surface area (Å²) < 4.78 is 39.6. The first-order valence-corrected chi connectivity index (χ1v) is 16.1. The number of nitrogens with zero attached hydrogens (tertiary/aromatic N) is 2. The number of hydrogen-bond acceptors (Lipinski definition) is 4.